The number of hydroxylamine groups is 1. The number of aromatic nitrogens is 1. The van der Waals surface area contributed by atoms with Crippen LogP contribution in [0.25, 0.3) is 0 Å². The van der Waals surface area contributed by atoms with Gasteiger partial charge in [-0.1, -0.05) is 16.1 Å². The van der Waals surface area contributed by atoms with Crippen LogP contribution in [0.5, 0.6) is 5.75 Å². The first-order valence-electron chi connectivity index (χ1n) is 9.02. The SMILES string of the molecule is CON(C)S(=O)(=O)c1c(Cl)ccc(Nc2c(N[C@H](C)c3ccn(C)c3)c(=O)c2=O)c1O. The third kappa shape index (κ3) is 4.04. The number of nitrogens with zero attached hydrogens (tertiary/aromatic N) is 2. The molecular weight excluding hydrogens is 448 g/mol. The Hall–Kier alpha value is -2.86. The van der Waals surface area contributed by atoms with Gasteiger partial charge in [0.15, 0.2) is 5.75 Å². The monoisotopic (exact) mass is 468 g/mol. The van der Waals surface area contributed by atoms with E-state index in [2.05, 4.69) is 10.6 Å². The third-order valence-corrected chi connectivity index (χ3v) is 7.00. The number of phenolic OH excluding ortho intramolecular Hbond substituents is 1. The molecule has 2 aromatic carbocycles. The van der Waals surface area contributed by atoms with Gasteiger partial charge >= 0.3 is 0 Å². The van der Waals surface area contributed by atoms with Gasteiger partial charge in [-0.3, -0.25) is 14.4 Å². The maximum Gasteiger partial charge on any atom is 0.269 e. The minimum atomic E-state index is -4.28. The average molecular weight is 469 g/mol. The van der Waals surface area contributed by atoms with Gasteiger partial charge in [0.2, 0.25) is 0 Å². The molecule has 1 atom stereocenters. The predicted molar refractivity (Wildman–Crippen MR) is 117 cm³/mol. The molecule has 0 aliphatic rings. The molecule has 166 valence electrons. The number of sulfonamides is 1. The zero-order valence-corrected chi connectivity index (χ0v) is 18.7. The van der Waals surface area contributed by atoms with E-state index in [0.29, 0.717) is 4.47 Å². The average Bonchev–Trinajstić information content (AvgIpc) is 3.17. The summed E-state index contributed by atoms with van der Waals surface area (Å²) < 4.78 is 27.6. The molecular formula is C19H21ClN4O6S. The molecule has 1 heterocycles. The number of aromatic hydroxyl groups is 1. The fourth-order valence-electron chi connectivity index (χ4n) is 2.98. The van der Waals surface area contributed by atoms with E-state index in [0.717, 1.165) is 19.7 Å². The van der Waals surface area contributed by atoms with Crippen LogP contribution in [0.2, 0.25) is 5.02 Å². The Morgan fingerprint density at radius 1 is 1.19 bits per heavy atom. The van der Waals surface area contributed by atoms with Crippen LogP contribution in [-0.2, 0) is 21.9 Å². The molecule has 0 spiro atoms. The van der Waals surface area contributed by atoms with E-state index in [1.165, 1.54) is 12.1 Å². The minimum absolute atomic E-state index is 0.0362. The lowest BCUT2D eigenvalue weighted by molar-refractivity contribution is -0.0259. The second-order valence-corrected chi connectivity index (χ2v) is 9.16. The largest absolute Gasteiger partial charge is 0.504 e. The minimum Gasteiger partial charge on any atom is -0.504 e. The van der Waals surface area contributed by atoms with Crippen molar-refractivity contribution in [2.75, 3.05) is 24.8 Å². The quantitative estimate of drug-likeness (QED) is 0.260. The van der Waals surface area contributed by atoms with Gasteiger partial charge in [-0.15, -0.1) is 0 Å². The van der Waals surface area contributed by atoms with Gasteiger partial charge in [0, 0.05) is 26.5 Å². The van der Waals surface area contributed by atoms with Crippen LogP contribution in [0.15, 0.2) is 45.1 Å². The number of nitrogens with one attached hydrogen (secondary N) is 2. The molecule has 3 aromatic rings. The second-order valence-electron chi connectivity index (χ2n) is 6.88. The highest BCUT2D eigenvalue weighted by Crippen LogP contribution is 2.40. The van der Waals surface area contributed by atoms with E-state index in [9.17, 15) is 23.1 Å². The highest BCUT2D eigenvalue weighted by molar-refractivity contribution is 7.89. The Morgan fingerprint density at radius 2 is 1.84 bits per heavy atom. The molecule has 0 aliphatic carbocycles. The summed E-state index contributed by atoms with van der Waals surface area (Å²) in [6, 6.07) is 4.12. The fraction of sp³-hybridized carbons (Fsp3) is 0.263. The lowest BCUT2D eigenvalue weighted by Crippen LogP contribution is -2.37. The molecule has 31 heavy (non-hydrogen) atoms. The van der Waals surface area contributed by atoms with Gasteiger partial charge < -0.3 is 20.3 Å². The molecule has 0 saturated carbocycles. The molecule has 3 rings (SSSR count). The summed E-state index contributed by atoms with van der Waals surface area (Å²) in [6.07, 6.45) is 3.71. The molecule has 3 N–H and O–H groups in total. The molecule has 12 heteroatoms. The number of halogens is 1. The van der Waals surface area contributed by atoms with Crippen molar-refractivity contribution in [2.45, 2.75) is 17.9 Å². The van der Waals surface area contributed by atoms with Crippen LogP contribution in [0.3, 0.4) is 0 Å². The van der Waals surface area contributed by atoms with Crippen molar-refractivity contribution >= 4 is 38.7 Å². The Balaban J connectivity index is 1.96. The summed E-state index contributed by atoms with van der Waals surface area (Å²) in [7, 11) is -0.154. The number of hydrogen-bond acceptors (Lipinski definition) is 8. The van der Waals surface area contributed by atoms with Crippen LogP contribution in [-0.4, -0.2) is 36.7 Å². The van der Waals surface area contributed by atoms with Gasteiger partial charge in [0.1, 0.15) is 16.3 Å². The molecule has 0 bridgehead atoms. The first kappa shape index (κ1) is 22.8. The summed E-state index contributed by atoms with van der Waals surface area (Å²) >= 11 is 5.99. The van der Waals surface area contributed by atoms with Crippen molar-refractivity contribution in [1.82, 2.24) is 9.04 Å². The number of phenols is 1. The number of aryl methyl sites for hydroxylation is 1. The molecule has 0 aliphatic heterocycles. The van der Waals surface area contributed by atoms with Crippen molar-refractivity contribution in [3.05, 3.63) is 61.6 Å². The van der Waals surface area contributed by atoms with Crippen LogP contribution >= 0.6 is 11.6 Å². The van der Waals surface area contributed by atoms with Crippen LogP contribution in [0.4, 0.5) is 17.1 Å². The zero-order valence-electron chi connectivity index (χ0n) is 17.1. The van der Waals surface area contributed by atoms with E-state index in [-0.39, 0.29) is 28.1 Å². The topological polar surface area (TPSA) is 130 Å². The van der Waals surface area contributed by atoms with Crippen molar-refractivity contribution in [2.24, 2.45) is 7.05 Å². The van der Waals surface area contributed by atoms with E-state index in [1.807, 2.05) is 37.0 Å². The standard InChI is InChI=1S/C19H21ClN4O6S/c1-10(11-7-8-23(2)9-11)21-14-15(18(27)17(14)26)22-13-6-5-12(20)19(16(13)25)31(28,29)24(3)30-4/h5-10,21-22,25H,1-4H3/t10-/m1/s1. The number of hydrogen-bond donors (Lipinski definition) is 3. The smallest absolute Gasteiger partial charge is 0.269 e. The fourth-order valence-corrected chi connectivity index (χ4v) is 4.55. The summed E-state index contributed by atoms with van der Waals surface area (Å²) in [5.41, 5.74) is -0.786. The van der Waals surface area contributed by atoms with E-state index >= 15 is 0 Å². The van der Waals surface area contributed by atoms with Crippen molar-refractivity contribution < 1.29 is 18.4 Å². The predicted octanol–water partition coefficient (Wildman–Crippen LogP) is 2.08. The maximum atomic E-state index is 12.6. The van der Waals surface area contributed by atoms with Crippen molar-refractivity contribution in [1.29, 1.82) is 0 Å². The lowest BCUT2D eigenvalue weighted by atomic mass is 10.1. The van der Waals surface area contributed by atoms with Crippen molar-refractivity contribution in [3.8, 4) is 5.75 Å². The first-order valence-corrected chi connectivity index (χ1v) is 10.8. The molecule has 0 radical (unpaired) electrons. The van der Waals surface area contributed by atoms with Crippen LogP contribution in [0, 0.1) is 0 Å². The van der Waals surface area contributed by atoms with Gasteiger partial charge in [-0.05, 0) is 30.7 Å². The second kappa shape index (κ2) is 8.35. The lowest BCUT2D eigenvalue weighted by Gasteiger charge is -2.21. The van der Waals surface area contributed by atoms with Crippen LogP contribution in [0.1, 0.15) is 18.5 Å². The van der Waals surface area contributed by atoms with Gasteiger partial charge in [-0.2, -0.15) is 0 Å². The van der Waals surface area contributed by atoms with Crippen LogP contribution < -0.4 is 21.5 Å². The summed E-state index contributed by atoms with van der Waals surface area (Å²) in [6.45, 7) is 1.82. The normalized spacial score (nSPS) is 13.0. The van der Waals surface area contributed by atoms with Crippen molar-refractivity contribution in [3.63, 3.8) is 0 Å². The van der Waals surface area contributed by atoms with E-state index < -0.39 is 31.5 Å². The maximum absolute atomic E-state index is 12.6. The first-order chi connectivity index (χ1) is 14.5. The molecule has 0 saturated heterocycles. The highest BCUT2D eigenvalue weighted by Gasteiger charge is 2.31. The number of benzene rings is 1. The number of anilines is 3. The van der Waals surface area contributed by atoms with Gasteiger partial charge in [-0.25, -0.2) is 8.42 Å². The molecule has 0 unspecified atom stereocenters. The molecule has 1 aromatic heterocycles. The molecule has 10 nitrogen and oxygen atoms in total. The summed E-state index contributed by atoms with van der Waals surface area (Å²) in [4.78, 5) is 28.4. The summed E-state index contributed by atoms with van der Waals surface area (Å²) in [5.74, 6) is -0.716. The molecule has 0 fully saturated rings. The Labute approximate surface area is 183 Å². The molecule has 0 amide bonds. The van der Waals surface area contributed by atoms with Gasteiger partial charge in [0.05, 0.1) is 23.9 Å². The zero-order chi connectivity index (χ0) is 23.1. The number of rotatable bonds is 8. The summed E-state index contributed by atoms with van der Waals surface area (Å²) in [5, 5.41) is 15.9. The third-order valence-electron chi connectivity index (χ3n) is 4.82. The van der Waals surface area contributed by atoms with E-state index in [4.69, 9.17) is 16.4 Å². The Morgan fingerprint density at radius 3 is 2.42 bits per heavy atom. The van der Waals surface area contributed by atoms with E-state index in [1.54, 1.807) is 0 Å². The Bertz CT molecular complexity index is 1310. The van der Waals surface area contributed by atoms with Gasteiger partial charge in [0.25, 0.3) is 20.9 Å². The highest BCUT2D eigenvalue weighted by atomic mass is 35.5. The Kier molecular flexibility index (Phi) is 6.14.